The first-order valence-corrected chi connectivity index (χ1v) is 5.90. The van der Waals surface area contributed by atoms with Gasteiger partial charge in [-0.15, -0.1) is 0 Å². The lowest BCUT2D eigenvalue weighted by atomic mass is 10.1. The zero-order chi connectivity index (χ0) is 13.3. The van der Waals surface area contributed by atoms with Gasteiger partial charge in [-0.3, -0.25) is 0 Å². The summed E-state index contributed by atoms with van der Waals surface area (Å²) in [5, 5.41) is 3.37. The van der Waals surface area contributed by atoms with Crippen LogP contribution in [0.25, 0.3) is 0 Å². The normalized spacial score (nSPS) is 25.3. The van der Waals surface area contributed by atoms with Gasteiger partial charge in [0.1, 0.15) is 5.82 Å². The van der Waals surface area contributed by atoms with Crippen molar-refractivity contribution in [2.75, 3.05) is 18.0 Å². The molecule has 0 bridgehead atoms. The molecular weight excluding hydrogens is 243 g/mol. The smallest absolute Gasteiger partial charge is 0.354 e. The Morgan fingerprint density at radius 2 is 1.83 bits per heavy atom. The molecule has 0 radical (unpaired) electrons. The van der Waals surface area contributed by atoms with E-state index in [1.54, 1.807) is 0 Å². The van der Waals surface area contributed by atoms with Gasteiger partial charge in [0.25, 0.3) is 0 Å². The number of nitrogens with one attached hydrogen (secondary N) is 1. The van der Waals surface area contributed by atoms with Crippen molar-refractivity contribution in [1.82, 2.24) is 10.3 Å². The van der Waals surface area contributed by atoms with Crippen LogP contribution in [-0.4, -0.2) is 30.2 Å². The average Bonchev–Trinajstić information content (AvgIpc) is 2.27. The average molecular weight is 259 g/mol. The quantitative estimate of drug-likeness (QED) is 0.838. The molecule has 18 heavy (non-hydrogen) atoms. The van der Waals surface area contributed by atoms with Gasteiger partial charge in [0.05, 0.1) is 5.56 Å². The molecule has 1 aromatic heterocycles. The summed E-state index contributed by atoms with van der Waals surface area (Å²) in [6.45, 7) is 5.60. The Labute approximate surface area is 104 Å². The highest BCUT2D eigenvalue weighted by molar-refractivity contribution is 5.41. The van der Waals surface area contributed by atoms with Gasteiger partial charge in [-0.05, 0) is 26.0 Å². The maximum Gasteiger partial charge on any atom is 0.417 e. The molecule has 1 aromatic rings. The van der Waals surface area contributed by atoms with Crippen LogP contribution < -0.4 is 10.2 Å². The van der Waals surface area contributed by atoms with E-state index in [-0.39, 0.29) is 0 Å². The second-order valence-corrected chi connectivity index (χ2v) is 4.78. The maximum absolute atomic E-state index is 12.4. The zero-order valence-corrected chi connectivity index (χ0v) is 10.3. The number of alkyl halides is 3. The fraction of sp³-hybridized carbons (Fsp3) is 0.583. The first-order chi connectivity index (χ1) is 8.36. The molecule has 0 saturated carbocycles. The van der Waals surface area contributed by atoms with E-state index >= 15 is 0 Å². The number of pyridine rings is 1. The summed E-state index contributed by atoms with van der Waals surface area (Å²) in [4.78, 5) is 5.92. The van der Waals surface area contributed by atoms with Crippen molar-refractivity contribution in [2.45, 2.75) is 32.1 Å². The Kier molecular flexibility index (Phi) is 3.47. The van der Waals surface area contributed by atoms with E-state index < -0.39 is 11.7 Å². The standard InChI is InChI=1S/C12H16F3N3/c1-8-6-18(7-9(2)17-8)11-4-3-10(5-16-11)12(13,14)15/h3-5,8-9,17H,6-7H2,1-2H3/t8-,9+. The van der Waals surface area contributed by atoms with Crippen molar-refractivity contribution in [2.24, 2.45) is 0 Å². The van der Waals surface area contributed by atoms with Crippen LogP contribution in [-0.2, 0) is 6.18 Å². The van der Waals surface area contributed by atoms with Gasteiger partial charge >= 0.3 is 6.18 Å². The van der Waals surface area contributed by atoms with Crippen molar-refractivity contribution in [1.29, 1.82) is 0 Å². The van der Waals surface area contributed by atoms with Crippen molar-refractivity contribution in [3.8, 4) is 0 Å². The minimum atomic E-state index is -4.32. The number of piperazine rings is 1. The molecule has 1 saturated heterocycles. The largest absolute Gasteiger partial charge is 0.417 e. The van der Waals surface area contributed by atoms with Gasteiger partial charge in [-0.1, -0.05) is 0 Å². The van der Waals surface area contributed by atoms with E-state index in [4.69, 9.17) is 0 Å². The number of nitrogens with zero attached hydrogens (tertiary/aromatic N) is 2. The molecule has 0 aliphatic carbocycles. The molecule has 6 heteroatoms. The highest BCUT2D eigenvalue weighted by Gasteiger charge is 2.31. The van der Waals surface area contributed by atoms with E-state index in [1.165, 1.54) is 6.07 Å². The van der Waals surface area contributed by atoms with Crippen LogP contribution in [0.1, 0.15) is 19.4 Å². The van der Waals surface area contributed by atoms with Crippen LogP contribution in [0.5, 0.6) is 0 Å². The monoisotopic (exact) mass is 259 g/mol. The Balaban J connectivity index is 2.14. The molecule has 1 fully saturated rings. The Morgan fingerprint density at radius 3 is 2.28 bits per heavy atom. The number of rotatable bonds is 1. The summed E-state index contributed by atoms with van der Waals surface area (Å²) in [5.41, 5.74) is -0.706. The molecule has 0 spiro atoms. The fourth-order valence-corrected chi connectivity index (χ4v) is 2.25. The third-order valence-corrected chi connectivity index (χ3v) is 2.96. The molecule has 2 atom stereocenters. The Bertz CT molecular complexity index is 392. The number of hydrogen-bond acceptors (Lipinski definition) is 3. The van der Waals surface area contributed by atoms with Crippen molar-refractivity contribution in [3.63, 3.8) is 0 Å². The van der Waals surface area contributed by atoms with Gasteiger partial charge in [0.2, 0.25) is 0 Å². The lowest BCUT2D eigenvalue weighted by Gasteiger charge is -2.36. The van der Waals surface area contributed by atoms with Gasteiger partial charge in [0.15, 0.2) is 0 Å². The maximum atomic E-state index is 12.4. The molecule has 2 heterocycles. The predicted molar refractivity (Wildman–Crippen MR) is 63.5 cm³/mol. The highest BCUT2D eigenvalue weighted by atomic mass is 19.4. The van der Waals surface area contributed by atoms with Crippen LogP contribution in [0.15, 0.2) is 18.3 Å². The number of aromatic nitrogens is 1. The summed E-state index contributed by atoms with van der Waals surface area (Å²) in [6.07, 6.45) is -3.43. The van der Waals surface area contributed by atoms with Crippen molar-refractivity contribution in [3.05, 3.63) is 23.9 Å². The third kappa shape index (κ3) is 2.93. The van der Waals surface area contributed by atoms with E-state index in [1.807, 2.05) is 18.7 Å². The number of halogens is 3. The van der Waals surface area contributed by atoms with Crippen molar-refractivity contribution >= 4 is 5.82 Å². The molecule has 100 valence electrons. The Hall–Kier alpha value is -1.30. The molecule has 1 aliphatic heterocycles. The van der Waals surface area contributed by atoms with E-state index in [9.17, 15) is 13.2 Å². The number of anilines is 1. The summed E-state index contributed by atoms with van der Waals surface area (Å²) in [5.74, 6) is 0.600. The van der Waals surface area contributed by atoms with Crippen LogP contribution in [0.4, 0.5) is 19.0 Å². The second-order valence-electron chi connectivity index (χ2n) is 4.78. The van der Waals surface area contributed by atoms with Crippen LogP contribution >= 0.6 is 0 Å². The molecular formula is C12H16F3N3. The first kappa shape index (κ1) is 13.1. The Morgan fingerprint density at radius 1 is 1.22 bits per heavy atom. The lowest BCUT2D eigenvalue weighted by Crippen LogP contribution is -2.54. The minimum Gasteiger partial charge on any atom is -0.354 e. The lowest BCUT2D eigenvalue weighted by molar-refractivity contribution is -0.137. The molecule has 1 N–H and O–H groups in total. The SMILES string of the molecule is C[C@@H]1CN(c2ccc(C(F)(F)F)cn2)C[C@H](C)N1. The van der Waals surface area contributed by atoms with E-state index in [0.717, 1.165) is 25.4 Å². The van der Waals surface area contributed by atoms with Gasteiger partial charge in [0, 0.05) is 31.4 Å². The molecule has 0 aromatic carbocycles. The topological polar surface area (TPSA) is 28.2 Å². The van der Waals surface area contributed by atoms with E-state index in [0.29, 0.717) is 17.9 Å². The summed E-state index contributed by atoms with van der Waals surface area (Å²) in [6, 6.07) is 3.13. The molecule has 1 aliphatic rings. The highest BCUT2D eigenvalue weighted by Crippen LogP contribution is 2.29. The third-order valence-electron chi connectivity index (χ3n) is 2.96. The van der Waals surface area contributed by atoms with Crippen LogP contribution in [0.3, 0.4) is 0 Å². The van der Waals surface area contributed by atoms with Crippen LogP contribution in [0.2, 0.25) is 0 Å². The van der Waals surface area contributed by atoms with E-state index in [2.05, 4.69) is 10.3 Å². The fourth-order valence-electron chi connectivity index (χ4n) is 2.25. The minimum absolute atomic E-state index is 0.304. The van der Waals surface area contributed by atoms with Crippen LogP contribution in [0, 0.1) is 0 Å². The molecule has 0 unspecified atom stereocenters. The van der Waals surface area contributed by atoms with Crippen molar-refractivity contribution < 1.29 is 13.2 Å². The first-order valence-electron chi connectivity index (χ1n) is 5.90. The number of hydrogen-bond donors (Lipinski definition) is 1. The van der Waals surface area contributed by atoms with Gasteiger partial charge in [-0.2, -0.15) is 13.2 Å². The molecule has 3 nitrogen and oxygen atoms in total. The second kappa shape index (κ2) is 4.76. The summed E-state index contributed by atoms with van der Waals surface area (Å²) >= 11 is 0. The zero-order valence-electron chi connectivity index (χ0n) is 10.3. The summed E-state index contributed by atoms with van der Waals surface area (Å²) < 4.78 is 37.3. The van der Waals surface area contributed by atoms with Gasteiger partial charge < -0.3 is 10.2 Å². The summed E-state index contributed by atoms with van der Waals surface area (Å²) in [7, 11) is 0. The predicted octanol–water partition coefficient (Wildman–Crippen LogP) is 2.29. The molecule has 2 rings (SSSR count). The van der Waals surface area contributed by atoms with Gasteiger partial charge in [-0.25, -0.2) is 4.98 Å². The molecule has 0 amide bonds.